The molecule has 0 aliphatic carbocycles. The van der Waals surface area contributed by atoms with E-state index >= 15 is 0 Å². The molecule has 0 radical (unpaired) electrons. The summed E-state index contributed by atoms with van der Waals surface area (Å²) in [5.41, 5.74) is 7.61. The lowest BCUT2D eigenvalue weighted by atomic mass is 10.2. The number of amides is 1. The maximum Gasteiger partial charge on any atom is 0.269 e. The van der Waals surface area contributed by atoms with E-state index in [2.05, 4.69) is 10.3 Å². The van der Waals surface area contributed by atoms with Gasteiger partial charge in [-0.05, 0) is 36.8 Å². The number of nitrogens with one attached hydrogen (secondary N) is 1. The normalized spacial score (nSPS) is 10.0. The summed E-state index contributed by atoms with van der Waals surface area (Å²) in [6.45, 7) is 1.91. The van der Waals surface area contributed by atoms with Crippen LogP contribution in [0.2, 0.25) is 0 Å². The predicted octanol–water partition coefficient (Wildman–Crippen LogP) is 2.12. The molecule has 0 fully saturated rings. The van der Waals surface area contributed by atoms with Crippen LogP contribution in [0.1, 0.15) is 16.1 Å². The summed E-state index contributed by atoms with van der Waals surface area (Å²) in [7, 11) is 1.56. The number of nitrogens with two attached hydrogens (primary N) is 1. The number of benzene rings is 1. The Morgan fingerprint density at radius 3 is 2.79 bits per heavy atom. The smallest absolute Gasteiger partial charge is 0.269 e. The van der Waals surface area contributed by atoms with Crippen LogP contribution in [0.4, 0.5) is 5.69 Å². The molecule has 98 valence electrons. The van der Waals surface area contributed by atoms with E-state index in [9.17, 15) is 4.79 Å². The van der Waals surface area contributed by atoms with Crippen LogP contribution in [-0.2, 0) is 0 Å². The average Bonchev–Trinajstić information content (AvgIpc) is 2.41. The number of pyridine rings is 1. The number of ether oxygens (including phenoxy) is 1. The molecule has 0 saturated heterocycles. The van der Waals surface area contributed by atoms with Crippen molar-refractivity contribution in [3.63, 3.8) is 0 Å². The van der Waals surface area contributed by atoms with Crippen molar-refractivity contribution in [2.45, 2.75) is 6.92 Å². The summed E-state index contributed by atoms with van der Waals surface area (Å²) < 4.78 is 5.72. The molecule has 1 aromatic carbocycles. The third-order valence-corrected chi connectivity index (χ3v) is 2.62. The molecule has 0 unspecified atom stereocenters. The van der Waals surface area contributed by atoms with E-state index in [0.717, 1.165) is 5.56 Å². The topological polar surface area (TPSA) is 77.2 Å². The van der Waals surface area contributed by atoms with Crippen molar-refractivity contribution in [1.82, 2.24) is 10.3 Å². The van der Waals surface area contributed by atoms with Gasteiger partial charge in [-0.3, -0.25) is 9.78 Å². The number of anilines is 1. The first-order valence-corrected chi connectivity index (χ1v) is 5.82. The number of aryl methyl sites for hydroxylation is 1. The molecular formula is C14H15N3O2. The molecule has 1 aromatic heterocycles. The Kier molecular flexibility index (Phi) is 3.66. The first-order valence-electron chi connectivity index (χ1n) is 5.82. The standard InChI is InChI=1S/C14H15N3O2/c1-9-7-10(15)3-4-13(9)19-11-5-6-17-12(8-11)14(18)16-2/h3-8H,15H2,1-2H3,(H,16,18). The summed E-state index contributed by atoms with van der Waals surface area (Å²) in [4.78, 5) is 15.5. The molecule has 0 aliphatic heterocycles. The molecule has 0 atom stereocenters. The number of aromatic nitrogens is 1. The molecule has 2 aromatic rings. The van der Waals surface area contributed by atoms with Gasteiger partial charge in [-0.2, -0.15) is 0 Å². The van der Waals surface area contributed by atoms with E-state index in [1.165, 1.54) is 6.20 Å². The van der Waals surface area contributed by atoms with Gasteiger partial charge in [-0.15, -0.1) is 0 Å². The number of carbonyl (C=O) groups excluding carboxylic acids is 1. The fraction of sp³-hybridized carbons (Fsp3) is 0.143. The number of carbonyl (C=O) groups is 1. The minimum Gasteiger partial charge on any atom is -0.457 e. The van der Waals surface area contributed by atoms with Gasteiger partial charge < -0.3 is 15.8 Å². The van der Waals surface area contributed by atoms with Crippen molar-refractivity contribution in [3.8, 4) is 11.5 Å². The van der Waals surface area contributed by atoms with Crippen molar-refractivity contribution in [2.24, 2.45) is 0 Å². The van der Waals surface area contributed by atoms with Crippen LogP contribution in [0.3, 0.4) is 0 Å². The number of hydrogen-bond acceptors (Lipinski definition) is 4. The van der Waals surface area contributed by atoms with Gasteiger partial charge in [0, 0.05) is 25.0 Å². The molecule has 2 rings (SSSR count). The molecule has 0 bridgehead atoms. The van der Waals surface area contributed by atoms with Crippen molar-refractivity contribution < 1.29 is 9.53 Å². The second-order valence-corrected chi connectivity index (χ2v) is 4.08. The van der Waals surface area contributed by atoms with Crippen LogP contribution in [0.5, 0.6) is 11.5 Å². The second-order valence-electron chi connectivity index (χ2n) is 4.08. The van der Waals surface area contributed by atoms with Crippen molar-refractivity contribution in [1.29, 1.82) is 0 Å². The molecular weight excluding hydrogens is 242 g/mol. The van der Waals surface area contributed by atoms with E-state index < -0.39 is 0 Å². The number of nitrogen functional groups attached to an aromatic ring is 1. The molecule has 5 heteroatoms. The monoisotopic (exact) mass is 257 g/mol. The summed E-state index contributed by atoms with van der Waals surface area (Å²) in [6, 6.07) is 8.68. The van der Waals surface area contributed by atoms with Gasteiger partial charge in [-0.1, -0.05) is 0 Å². The second kappa shape index (κ2) is 5.39. The molecule has 19 heavy (non-hydrogen) atoms. The molecule has 1 amide bonds. The molecule has 0 saturated carbocycles. The lowest BCUT2D eigenvalue weighted by Gasteiger charge is -2.09. The average molecular weight is 257 g/mol. The van der Waals surface area contributed by atoms with Gasteiger partial charge in [-0.25, -0.2) is 0 Å². The van der Waals surface area contributed by atoms with Crippen molar-refractivity contribution in [3.05, 3.63) is 47.8 Å². The molecule has 0 spiro atoms. The van der Waals surface area contributed by atoms with Crippen LogP contribution < -0.4 is 15.8 Å². The van der Waals surface area contributed by atoms with Gasteiger partial charge >= 0.3 is 0 Å². The highest BCUT2D eigenvalue weighted by Crippen LogP contribution is 2.26. The lowest BCUT2D eigenvalue weighted by molar-refractivity contribution is 0.0958. The highest BCUT2D eigenvalue weighted by Gasteiger charge is 2.07. The van der Waals surface area contributed by atoms with Crippen LogP contribution >= 0.6 is 0 Å². The van der Waals surface area contributed by atoms with Crippen LogP contribution in [0, 0.1) is 6.92 Å². The first-order chi connectivity index (χ1) is 9.10. The Bertz CT molecular complexity index is 611. The molecule has 5 nitrogen and oxygen atoms in total. The van der Waals surface area contributed by atoms with E-state index in [1.54, 1.807) is 31.3 Å². The Labute approximate surface area is 111 Å². The fourth-order valence-electron chi connectivity index (χ4n) is 1.64. The van der Waals surface area contributed by atoms with Crippen LogP contribution in [0.25, 0.3) is 0 Å². The Balaban J connectivity index is 2.26. The largest absolute Gasteiger partial charge is 0.457 e. The maximum absolute atomic E-state index is 11.5. The van der Waals surface area contributed by atoms with Crippen molar-refractivity contribution in [2.75, 3.05) is 12.8 Å². The zero-order chi connectivity index (χ0) is 13.8. The van der Waals surface area contributed by atoms with Crippen LogP contribution in [-0.4, -0.2) is 17.9 Å². The SMILES string of the molecule is CNC(=O)c1cc(Oc2ccc(N)cc2C)ccn1. The number of nitrogens with zero attached hydrogens (tertiary/aromatic N) is 1. The van der Waals surface area contributed by atoms with Gasteiger partial charge in [0.25, 0.3) is 5.91 Å². The summed E-state index contributed by atoms with van der Waals surface area (Å²) in [5.74, 6) is 1.00. The van der Waals surface area contributed by atoms with Gasteiger partial charge in [0.2, 0.25) is 0 Å². The maximum atomic E-state index is 11.5. The van der Waals surface area contributed by atoms with E-state index in [-0.39, 0.29) is 5.91 Å². The Morgan fingerprint density at radius 1 is 1.32 bits per heavy atom. The highest BCUT2D eigenvalue weighted by molar-refractivity contribution is 5.92. The van der Waals surface area contributed by atoms with E-state index in [4.69, 9.17) is 10.5 Å². The highest BCUT2D eigenvalue weighted by atomic mass is 16.5. The Morgan fingerprint density at radius 2 is 2.11 bits per heavy atom. The van der Waals surface area contributed by atoms with Crippen molar-refractivity contribution >= 4 is 11.6 Å². The zero-order valence-corrected chi connectivity index (χ0v) is 10.8. The lowest BCUT2D eigenvalue weighted by Crippen LogP contribution is -2.18. The molecule has 0 aliphatic rings. The molecule has 1 heterocycles. The minimum atomic E-state index is -0.250. The zero-order valence-electron chi connectivity index (χ0n) is 10.8. The van der Waals surface area contributed by atoms with Gasteiger partial charge in [0.05, 0.1) is 0 Å². The minimum absolute atomic E-state index is 0.250. The number of rotatable bonds is 3. The van der Waals surface area contributed by atoms with Gasteiger partial charge in [0.15, 0.2) is 0 Å². The van der Waals surface area contributed by atoms with E-state index in [0.29, 0.717) is 22.9 Å². The summed E-state index contributed by atoms with van der Waals surface area (Å²) >= 11 is 0. The quantitative estimate of drug-likeness (QED) is 0.826. The summed E-state index contributed by atoms with van der Waals surface area (Å²) in [6.07, 6.45) is 1.53. The van der Waals surface area contributed by atoms with Gasteiger partial charge in [0.1, 0.15) is 17.2 Å². The third-order valence-electron chi connectivity index (χ3n) is 2.62. The molecule has 3 N–H and O–H groups in total. The Hall–Kier alpha value is -2.56. The van der Waals surface area contributed by atoms with E-state index in [1.807, 2.05) is 13.0 Å². The predicted molar refractivity (Wildman–Crippen MR) is 73.3 cm³/mol. The summed E-state index contributed by atoms with van der Waals surface area (Å²) in [5, 5.41) is 2.52. The number of hydrogen-bond donors (Lipinski definition) is 2. The third kappa shape index (κ3) is 3.01. The van der Waals surface area contributed by atoms with Crippen LogP contribution in [0.15, 0.2) is 36.5 Å². The fourth-order valence-corrected chi connectivity index (χ4v) is 1.64. The first kappa shape index (κ1) is 12.9.